The molecule has 3 aromatic carbocycles. The first-order valence-corrected chi connectivity index (χ1v) is 37.5. The van der Waals surface area contributed by atoms with Gasteiger partial charge in [-0.05, 0) is 154 Å². The van der Waals surface area contributed by atoms with Crippen LogP contribution in [-0.4, -0.2) is 142 Å². The van der Waals surface area contributed by atoms with E-state index in [1.54, 1.807) is 12.1 Å². The second-order valence-electron chi connectivity index (χ2n) is 23.8. The van der Waals surface area contributed by atoms with E-state index in [1.165, 1.54) is 36.4 Å². The summed E-state index contributed by atoms with van der Waals surface area (Å²) >= 11 is 5.71. The third-order valence-corrected chi connectivity index (χ3v) is 21.1. The predicted molar refractivity (Wildman–Crippen MR) is 344 cm³/mol. The maximum Gasteiger partial charge on any atom is 0.294 e. The fraction of sp³-hybridized carbons (Fsp3) is 0.547. The van der Waals surface area contributed by atoms with E-state index < -0.39 is 57.1 Å². The molecule has 0 saturated carbocycles. The highest BCUT2D eigenvalue weighted by Crippen LogP contribution is 2.56. The number of benzene rings is 3. The fourth-order valence-corrected chi connectivity index (χ4v) is 15.8. The Kier molecular flexibility index (Phi) is 25.0. The molecule has 0 aromatic heterocycles. The molecule has 5 N–H and O–H groups in total. The van der Waals surface area contributed by atoms with Crippen LogP contribution in [-0.2, 0) is 87.9 Å². The van der Waals surface area contributed by atoms with Crippen molar-refractivity contribution in [2.75, 3.05) is 93.9 Å². The highest BCUT2D eigenvalue weighted by atomic mass is 35.5. The summed E-state index contributed by atoms with van der Waals surface area (Å²) in [5.74, 6) is 0.744. The van der Waals surface area contributed by atoms with E-state index in [0.717, 1.165) is 60.2 Å². The Bertz CT molecular complexity index is 3660. The van der Waals surface area contributed by atoms with Crippen LogP contribution >= 0.6 is 11.6 Å². The van der Waals surface area contributed by atoms with Crippen molar-refractivity contribution in [3.05, 3.63) is 129 Å². The molecule has 4 heterocycles. The van der Waals surface area contributed by atoms with Gasteiger partial charge in [-0.25, -0.2) is 0 Å². The van der Waals surface area contributed by atoms with Gasteiger partial charge in [0.15, 0.2) is 0 Å². The number of unbranched alkanes of at least 4 members (excludes halogenated alkanes) is 6. The Morgan fingerprint density at radius 1 is 0.600 bits per heavy atom. The van der Waals surface area contributed by atoms with Crippen LogP contribution in [0.5, 0.6) is 5.75 Å². The lowest BCUT2D eigenvalue weighted by atomic mass is 9.69. The summed E-state index contributed by atoms with van der Waals surface area (Å²) in [6.07, 6.45) is 20.7. The van der Waals surface area contributed by atoms with Crippen molar-refractivity contribution >= 4 is 69.4 Å². The number of ether oxygens (including phenoxy) is 5. The van der Waals surface area contributed by atoms with Crippen LogP contribution in [0.2, 0.25) is 0 Å². The maximum absolute atomic E-state index is 13.3. The smallest absolute Gasteiger partial charge is 0.294 e. The number of halogens is 1. The van der Waals surface area contributed by atoms with Gasteiger partial charge in [0.2, 0.25) is 5.91 Å². The van der Waals surface area contributed by atoms with Crippen molar-refractivity contribution in [2.24, 2.45) is 0 Å². The van der Waals surface area contributed by atoms with Gasteiger partial charge in [-0.3, -0.25) is 23.0 Å². The zero-order valence-electron chi connectivity index (χ0n) is 51.3. The third-order valence-electron chi connectivity index (χ3n) is 17.4. The summed E-state index contributed by atoms with van der Waals surface area (Å²) in [5, 5.41) is 2.91. The summed E-state index contributed by atoms with van der Waals surface area (Å²) in [5.41, 5.74) is 4.96. The fourth-order valence-electron chi connectivity index (χ4n) is 12.9. The highest BCUT2D eigenvalue weighted by molar-refractivity contribution is 7.86. The van der Waals surface area contributed by atoms with Crippen molar-refractivity contribution in [3.8, 4) is 5.75 Å². The molecule has 0 spiro atoms. The van der Waals surface area contributed by atoms with Crippen molar-refractivity contribution < 1.29 is 80.4 Å². The molecule has 90 heavy (non-hydrogen) atoms. The number of alkyl halides is 1. The zero-order valence-corrected chi connectivity index (χ0v) is 55.4. The first-order chi connectivity index (χ1) is 42.8. The molecular weight excluding hydrogens is 1260 g/mol. The Hall–Kier alpha value is -5.00. The number of carbonyl (C=O) groups excluding carboxylic acids is 1. The number of allylic oxidation sites excluding steroid dienone is 8. The van der Waals surface area contributed by atoms with Crippen LogP contribution in [0.1, 0.15) is 139 Å². The lowest BCUT2D eigenvalue weighted by Crippen LogP contribution is -2.34. The van der Waals surface area contributed by atoms with Gasteiger partial charge < -0.3 is 38.8 Å². The van der Waals surface area contributed by atoms with Crippen LogP contribution < -0.4 is 19.9 Å². The molecule has 4 aliphatic heterocycles. The lowest BCUT2D eigenvalue weighted by Gasteiger charge is -2.41. The highest BCUT2D eigenvalue weighted by Gasteiger charge is 2.49. The summed E-state index contributed by atoms with van der Waals surface area (Å²) in [6.45, 7) is 8.98. The molecular formula is C64H86ClN3O18S4. The second kappa shape index (κ2) is 31.8. The number of amides is 1. The van der Waals surface area contributed by atoms with Gasteiger partial charge in [-0.15, -0.1) is 11.6 Å². The minimum absolute atomic E-state index is 0.0786. The average molecular weight is 1350 g/mol. The normalized spacial score (nSPS) is 20.1. The molecule has 26 heteroatoms. The molecule has 1 amide bonds. The van der Waals surface area contributed by atoms with Crippen LogP contribution in [0.4, 0.5) is 11.4 Å². The SMILES string of the molecule is CC1(CCCCS(=O)(=O)O)C(/C=C/C2=C(Oc3ccc(S(=O)(=O)O)cc3)C(=C/C=C3\N4CCCc5ccc(S(=O)(=O)O)c(c54)C3(C)CCCCCC(=O)NCCOCCOCCOCCOCCCCCCCl)/CCC2)=CN2CCc3ccc(S(=O)(=O)O)c1c32. The van der Waals surface area contributed by atoms with Crippen LogP contribution in [0.25, 0.3) is 0 Å². The predicted octanol–water partition coefficient (Wildman–Crippen LogP) is 10.5. The molecule has 21 nitrogen and oxygen atoms in total. The van der Waals surface area contributed by atoms with Crippen LogP contribution in [0.3, 0.4) is 0 Å². The Balaban J connectivity index is 1.00. The first kappa shape index (κ1) is 70.9. The van der Waals surface area contributed by atoms with E-state index in [4.69, 9.17) is 35.3 Å². The molecule has 0 bridgehead atoms. The molecule has 2 unspecified atom stereocenters. The van der Waals surface area contributed by atoms with Gasteiger partial charge in [0.05, 0.1) is 56.9 Å². The van der Waals surface area contributed by atoms with Crippen LogP contribution in [0, 0.1) is 0 Å². The van der Waals surface area contributed by atoms with Crippen molar-refractivity contribution in [3.63, 3.8) is 0 Å². The van der Waals surface area contributed by atoms with Gasteiger partial charge >= 0.3 is 0 Å². The third kappa shape index (κ3) is 18.4. The zero-order chi connectivity index (χ0) is 64.7. The number of rotatable bonds is 37. The molecule has 5 aliphatic rings. The summed E-state index contributed by atoms with van der Waals surface area (Å²) in [4.78, 5) is 16.3. The van der Waals surface area contributed by atoms with Gasteiger partial charge in [0.25, 0.3) is 40.5 Å². The van der Waals surface area contributed by atoms with E-state index in [0.29, 0.717) is 170 Å². The molecule has 0 fully saturated rings. The number of anilines is 2. The van der Waals surface area contributed by atoms with Gasteiger partial charge in [0.1, 0.15) is 21.3 Å². The van der Waals surface area contributed by atoms with Gasteiger partial charge in [0, 0.05) is 83.8 Å². The Labute approximate surface area is 535 Å². The van der Waals surface area contributed by atoms with Crippen molar-refractivity contribution in [1.82, 2.24) is 5.32 Å². The second-order valence-corrected chi connectivity index (χ2v) is 30.0. The molecule has 0 radical (unpaired) electrons. The van der Waals surface area contributed by atoms with E-state index >= 15 is 0 Å². The lowest BCUT2D eigenvalue weighted by molar-refractivity contribution is -0.121. The largest absolute Gasteiger partial charge is 0.457 e. The molecule has 8 rings (SSSR count). The number of nitrogens with zero attached hydrogens (tertiary/aromatic N) is 2. The van der Waals surface area contributed by atoms with E-state index in [-0.39, 0.29) is 52.0 Å². The summed E-state index contributed by atoms with van der Waals surface area (Å²) in [7, 11) is -18.3. The van der Waals surface area contributed by atoms with Gasteiger partial charge in [-0.2, -0.15) is 33.7 Å². The number of hydrogen-bond acceptors (Lipinski definition) is 16. The van der Waals surface area contributed by atoms with E-state index in [9.17, 15) is 56.7 Å². The quantitative estimate of drug-likeness (QED) is 0.0204. The number of aryl methyl sites for hydroxylation is 1. The first-order valence-electron chi connectivity index (χ1n) is 31.0. The van der Waals surface area contributed by atoms with Gasteiger partial charge in [-0.1, -0.05) is 69.4 Å². The van der Waals surface area contributed by atoms with Crippen molar-refractivity contribution in [1.29, 1.82) is 0 Å². The molecule has 496 valence electrons. The minimum atomic E-state index is -4.76. The van der Waals surface area contributed by atoms with E-state index in [2.05, 4.69) is 10.2 Å². The number of carbonyl (C=O) groups is 1. The Morgan fingerprint density at radius 3 is 1.84 bits per heavy atom. The number of hydrogen-bond donors (Lipinski definition) is 5. The number of nitrogens with one attached hydrogen (secondary N) is 1. The standard InChI is InChI=1S/C64H86ClN3O18S4/c1-63(31-8-11-45-87(70,71)72)51(46-67-36-30-48-20-28-54(89(76,77)78)58(63)60(48)67)22-18-49-14-12-15-50(62(49)86-52-23-25-53(26-24-52)88(73,74)75)21-29-56-64(2,59-55(90(79,80)81)27-19-47-16-13-35-68(56)61(47)59)32-7-5-6-17-57(69)66-34-38-83-40-42-85-44-43-84-41-39-82-37-10-4-3-9-33-65/h18-29,46H,3-17,30-45H2,1-2H3,(H,66,69)(H,70,71,72)(H,73,74,75)(H,76,77,78)(H,79,80,81)/b22-18+,50-21+,56-29-. The molecule has 1 aliphatic carbocycles. The minimum Gasteiger partial charge on any atom is -0.457 e. The van der Waals surface area contributed by atoms with Crippen LogP contribution in [0.15, 0.2) is 122 Å². The summed E-state index contributed by atoms with van der Waals surface area (Å²) in [6, 6.07) is 11.6. The summed E-state index contributed by atoms with van der Waals surface area (Å²) < 4.78 is 171. The monoisotopic (exact) mass is 1350 g/mol. The van der Waals surface area contributed by atoms with Crippen molar-refractivity contribution in [2.45, 2.75) is 155 Å². The van der Waals surface area contributed by atoms with E-state index in [1.807, 2.05) is 49.3 Å². The molecule has 3 aromatic rings. The average Bonchev–Trinajstić information content (AvgIpc) is 1.48. The Morgan fingerprint density at radius 2 is 1.20 bits per heavy atom. The molecule has 0 saturated heterocycles. The molecule has 2 atom stereocenters. The topological polar surface area (TPSA) is 299 Å². The maximum atomic E-state index is 13.3.